The van der Waals surface area contributed by atoms with Gasteiger partial charge in [-0.15, -0.1) is 0 Å². The van der Waals surface area contributed by atoms with Gasteiger partial charge in [-0.05, 0) is 25.6 Å². The lowest BCUT2D eigenvalue weighted by Gasteiger charge is -2.08. The van der Waals surface area contributed by atoms with Gasteiger partial charge in [0.1, 0.15) is 0 Å². The zero-order chi connectivity index (χ0) is 8.53. The van der Waals surface area contributed by atoms with E-state index in [1.807, 2.05) is 0 Å². The fourth-order valence-corrected chi connectivity index (χ4v) is 0.737. The van der Waals surface area contributed by atoms with Crippen molar-refractivity contribution in [1.29, 1.82) is 5.41 Å². The second kappa shape index (κ2) is 7.65. The Bertz CT molecular complexity index is 97.7. The van der Waals surface area contributed by atoms with Gasteiger partial charge in [-0.2, -0.15) is 0 Å². The summed E-state index contributed by atoms with van der Waals surface area (Å²) in [7, 11) is 0. The molecule has 0 unspecified atom stereocenters. The summed E-state index contributed by atoms with van der Waals surface area (Å²) in [5.41, 5.74) is 5.24. The molecular weight excluding hydrogens is 142 g/mol. The van der Waals surface area contributed by atoms with Crippen molar-refractivity contribution in [3.63, 3.8) is 0 Å². The molecule has 0 radical (unpaired) electrons. The smallest absolute Gasteiger partial charge is 0.0676 e. The van der Waals surface area contributed by atoms with Crippen LogP contribution in [0.5, 0.6) is 0 Å². The molecule has 4 nitrogen and oxygen atoms in total. The van der Waals surface area contributed by atoms with E-state index in [2.05, 4.69) is 5.32 Å². The summed E-state index contributed by atoms with van der Waals surface area (Å²) in [6.07, 6.45) is 2.36. The quantitative estimate of drug-likeness (QED) is 0.293. The number of aliphatic hydroxyl groups is 1. The summed E-state index contributed by atoms with van der Waals surface area (Å²) in [5, 5.41) is 18.9. The Morgan fingerprint density at radius 2 is 2.36 bits per heavy atom. The van der Waals surface area contributed by atoms with Crippen LogP contribution in [0, 0.1) is 5.41 Å². The molecule has 0 saturated heterocycles. The summed E-state index contributed by atoms with van der Waals surface area (Å²) >= 11 is 0. The largest absolute Gasteiger partial charge is 0.392 e. The second-order valence-corrected chi connectivity index (χ2v) is 2.43. The minimum absolute atomic E-state index is 0.342. The van der Waals surface area contributed by atoms with Crippen molar-refractivity contribution in [3.05, 3.63) is 0 Å². The molecule has 0 aliphatic heterocycles. The lowest BCUT2D eigenvalue weighted by molar-refractivity contribution is 0.165. The highest BCUT2D eigenvalue weighted by Crippen LogP contribution is 1.85. The van der Waals surface area contributed by atoms with Gasteiger partial charge in [-0.1, -0.05) is 0 Å². The summed E-state index contributed by atoms with van der Waals surface area (Å²) in [6.45, 7) is 1.85. The first-order valence-corrected chi connectivity index (χ1v) is 3.89. The highest BCUT2D eigenvalue weighted by Gasteiger charge is 1.99. The number of rotatable bonds is 7. The molecule has 0 aromatic rings. The first-order valence-electron chi connectivity index (χ1n) is 3.89. The minimum Gasteiger partial charge on any atom is -0.392 e. The van der Waals surface area contributed by atoms with Gasteiger partial charge in [-0.3, -0.25) is 0 Å². The van der Waals surface area contributed by atoms with Crippen LogP contribution in [-0.2, 0) is 0 Å². The third-order valence-electron chi connectivity index (χ3n) is 1.35. The van der Waals surface area contributed by atoms with E-state index in [9.17, 15) is 0 Å². The predicted octanol–water partition coefficient (Wildman–Crippen LogP) is -0.675. The number of hydrogen-bond donors (Lipinski definition) is 4. The molecule has 0 rings (SSSR count). The van der Waals surface area contributed by atoms with E-state index in [1.165, 1.54) is 6.21 Å². The molecule has 0 amide bonds. The Morgan fingerprint density at radius 1 is 1.64 bits per heavy atom. The van der Waals surface area contributed by atoms with Crippen molar-refractivity contribution in [2.45, 2.75) is 18.9 Å². The zero-order valence-electron chi connectivity index (χ0n) is 6.71. The molecule has 4 heteroatoms. The van der Waals surface area contributed by atoms with Crippen molar-refractivity contribution >= 4 is 6.21 Å². The van der Waals surface area contributed by atoms with E-state index < -0.39 is 0 Å². The SMILES string of the molecule is N=CCCNC[C@H](O)CCN. The number of nitrogens with one attached hydrogen (secondary N) is 2. The van der Waals surface area contributed by atoms with Crippen LogP contribution in [0.2, 0.25) is 0 Å². The monoisotopic (exact) mass is 159 g/mol. The Morgan fingerprint density at radius 3 is 2.91 bits per heavy atom. The molecule has 66 valence electrons. The van der Waals surface area contributed by atoms with Crippen molar-refractivity contribution in [2.24, 2.45) is 5.73 Å². The number of nitrogens with two attached hydrogens (primary N) is 1. The number of hydrogen-bond acceptors (Lipinski definition) is 4. The van der Waals surface area contributed by atoms with Crippen LogP contribution in [0.1, 0.15) is 12.8 Å². The van der Waals surface area contributed by atoms with E-state index >= 15 is 0 Å². The van der Waals surface area contributed by atoms with E-state index in [4.69, 9.17) is 16.2 Å². The first kappa shape index (κ1) is 10.6. The van der Waals surface area contributed by atoms with Gasteiger partial charge in [0.15, 0.2) is 0 Å². The standard InChI is InChI=1S/C7H17N3O/c8-3-1-5-10-6-7(11)2-4-9/h3,7-8,10-11H,1-2,4-6,9H2/t7-/m1/s1. The topological polar surface area (TPSA) is 82.1 Å². The van der Waals surface area contributed by atoms with Crippen molar-refractivity contribution in [2.75, 3.05) is 19.6 Å². The molecule has 0 bridgehead atoms. The maximum atomic E-state index is 9.15. The molecule has 0 saturated carbocycles. The molecule has 5 N–H and O–H groups in total. The van der Waals surface area contributed by atoms with Crippen LogP contribution in [0.15, 0.2) is 0 Å². The van der Waals surface area contributed by atoms with Crippen LogP contribution in [0.4, 0.5) is 0 Å². The Kier molecular flexibility index (Phi) is 7.34. The Hall–Kier alpha value is -0.450. The summed E-state index contributed by atoms with van der Waals surface area (Å²) in [6, 6.07) is 0. The van der Waals surface area contributed by atoms with Crippen LogP contribution in [0.25, 0.3) is 0 Å². The van der Waals surface area contributed by atoms with Gasteiger partial charge < -0.3 is 21.6 Å². The molecule has 0 aliphatic rings. The fourth-order valence-electron chi connectivity index (χ4n) is 0.737. The van der Waals surface area contributed by atoms with E-state index in [0.717, 1.165) is 13.0 Å². The van der Waals surface area contributed by atoms with Crippen molar-refractivity contribution in [3.8, 4) is 0 Å². The van der Waals surface area contributed by atoms with Crippen LogP contribution in [-0.4, -0.2) is 37.1 Å². The molecule has 0 aliphatic carbocycles. The molecule has 0 aromatic carbocycles. The lowest BCUT2D eigenvalue weighted by Crippen LogP contribution is -2.29. The van der Waals surface area contributed by atoms with E-state index in [0.29, 0.717) is 19.5 Å². The molecule has 0 heterocycles. The Labute approximate surface area is 67.3 Å². The molecule has 1 atom stereocenters. The molecule has 11 heavy (non-hydrogen) atoms. The average molecular weight is 159 g/mol. The maximum absolute atomic E-state index is 9.15. The molecule has 0 aromatic heterocycles. The van der Waals surface area contributed by atoms with E-state index in [1.54, 1.807) is 0 Å². The van der Waals surface area contributed by atoms with Crippen LogP contribution in [0.3, 0.4) is 0 Å². The summed E-state index contributed by atoms with van der Waals surface area (Å²) in [4.78, 5) is 0. The highest BCUT2D eigenvalue weighted by atomic mass is 16.3. The third-order valence-corrected chi connectivity index (χ3v) is 1.35. The zero-order valence-corrected chi connectivity index (χ0v) is 6.71. The average Bonchev–Trinajstić information content (AvgIpc) is 1.99. The van der Waals surface area contributed by atoms with Gasteiger partial charge in [0.25, 0.3) is 0 Å². The lowest BCUT2D eigenvalue weighted by atomic mass is 10.2. The highest BCUT2D eigenvalue weighted by molar-refractivity contribution is 5.52. The van der Waals surface area contributed by atoms with Crippen molar-refractivity contribution < 1.29 is 5.11 Å². The number of aliphatic hydroxyl groups excluding tert-OH is 1. The van der Waals surface area contributed by atoms with Gasteiger partial charge in [-0.25, -0.2) is 0 Å². The molecule has 0 fully saturated rings. The third kappa shape index (κ3) is 7.45. The van der Waals surface area contributed by atoms with Gasteiger partial charge in [0.05, 0.1) is 6.10 Å². The summed E-state index contributed by atoms with van der Waals surface area (Å²) in [5.74, 6) is 0. The van der Waals surface area contributed by atoms with Crippen molar-refractivity contribution in [1.82, 2.24) is 5.32 Å². The second-order valence-electron chi connectivity index (χ2n) is 2.43. The summed E-state index contributed by atoms with van der Waals surface area (Å²) < 4.78 is 0. The Balaban J connectivity index is 3.03. The van der Waals surface area contributed by atoms with E-state index in [-0.39, 0.29) is 6.10 Å². The van der Waals surface area contributed by atoms with Gasteiger partial charge in [0, 0.05) is 13.1 Å². The predicted molar refractivity (Wildman–Crippen MR) is 45.9 cm³/mol. The maximum Gasteiger partial charge on any atom is 0.0676 e. The molecule has 0 spiro atoms. The van der Waals surface area contributed by atoms with Crippen LogP contribution >= 0.6 is 0 Å². The first-order chi connectivity index (χ1) is 5.31. The normalized spacial score (nSPS) is 12.9. The van der Waals surface area contributed by atoms with Crippen LogP contribution < -0.4 is 11.1 Å². The van der Waals surface area contributed by atoms with Gasteiger partial charge >= 0.3 is 0 Å². The molecular formula is C7H17N3O. The fraction of sp³-hybridized carbons (Fsp3) is 0.857. The minimum atomic E-state index is -0.342. The van der Waals surface area contributed by atoms with Gasteiger partial charge in [0.2, 0.25) is 0 Å².